The molecule has 0 bridgehead atoms. The van der Waals surface area contributed by atoms with Gasteiger partial charge in [0.1, 0.15) is 0 Å². The highest BCUT2D eigenvalue weighted by atomic mass is 35.5. The van der Waals surface area contributed by atoms with Gasteiger partial charge in [-0.05, 0) is 49.4 Å². The summed E-state index contributed by atoms with van der Waals surface area (Å²) < 4.78 is 27.1. The molecule has 0 radical (unpaired) electrons. The number of halogens is 3. The first-order chi connectivity index (χ1) is 12.8. The number of nitrogens with one attached hydrogen (secondary N) is 1. The minimum Gasteiger partial charge on any atom is -0.325 e. The van der Waals surface area contributed by atoms with E-state index in [0.29, 0.717) is 23.6 Å². The number of aromatic nitrogens is 1. The molecule has 0 saturated heterocycles. The van der Waals surface area contributed by atoms with Crippen molar-refractivity contribution >= 4 is 23.2 Å². The first-order valence-corrected chi connectivity index (χ1v) is 9.30. The van der Waals surface area contributed by atoms with Gasteiger partial charge in [-0.15, -0.1) is 0 Å². The highest BCUT2D eigenvalue weighted by Crippen LogP contribution is 2.38. The molecule has 1 heterocycles. The molecule has 0 spiro atoms. The Kier molecular flexibility index (Phi) is 5.77. The van der Waals surface area contributed by atoms with Crippen LogP contribution in [0.2, 0.25) is 5.02 Å². The maximum Gasteiger partial charge on any atom is 0.248 e. The summed E-state index contributed by atoms with van der Waals surface area (Å²) in [4.78, 5) is 16.6. The molecular formula is C20H22ClF2N3O. The lowest BCUT2D eigenvalue weighted by molar-refractivity contribution is -0.120. The van der Waals surface area contributed by atoms with E-state index in [1.165, 1.54) is 0 Å². The van der Waals surface area contributed by atoms with Gasteiger partial charge in [0.25, 0.3) is 0 Å². The summed E-state index contributed by atoms with van der Waals surface area (Å²) in [5.74, 6) is -3.69. The molecule has 1 saturated carbocycles. The molecule has 2 aromatic rings. The number of amides is 1. The zero-order valence-corrected chi connectivity index (χ0v) is 15.8. The van der Waals surface area contributed by atoms with Crippen LogP contribution in [0.1, 0.15) is 31.4 Å². The van der Waals surface area contributed by atoms with Gasteiger partial charge in [-0.25, -0.2) is 8.78 Å². The van der Waals surface area contributed by atoms with E-state index in [1.54, 1.807) is 24.4 Å². The standard InChI is InChI=1S/C20H22ClF2N3O/c1-12-17(16(21)8-10-25-12)13-4-6-15(7-5-13)26-19(27)18(24)14-3-2-9-20(22,23)11-14/h4-8,10,14,18H,2-3,9,11,24H2,1H3,(H,26,27)/t14-,18?/m0/s1. The van der Waals surface area contributed by atoms with E-state index in [0.717, 1.165) is 16.8 Å². The fraction of sp³-hybridized carbons (Fsp3) is 0.400. The number of nitrogens with two attached hydrogens (primary N) is 1. The molecule has 1 aromatic carbocycles. The molecule has 144 valence electrons. The minimum atomic E-state index is -2.73. The van der Waals surface area contributed by atoms with Gasteiger partial charge in [0.15, 0.2) is 0 Å². The first-order valence-electron chi connectivity index (χ1n) is 8.93. The van der Waals surface area contributed by atoms with Crippen molar-refractivity contribution in [1.82, 2.24) is 4.98 Å². The summed E-state index contributed by atoms with van der Waals surface area (Å²) in [6, 6.07) is 7.89. The summed E-state index contributed by atoms with van der Waals surface area (Å²) in [5.41, 5.74) is 9.02. The number of hydrogen-bond donors (Lipinski definition) is 2. The Labute approximate surface area is 162 Å². The molecule has 1 unspecified atom stereocenters. The second-order valence-corrected chi connectivity index (χ2v) is 7.47. The van der Waals surface area contributed by atoms with Gasteiger partial charge in [-0.1, -0.05) is 23.7 Å². The average molecular weight is 394 g/mol. The van der Waals surface area contributed by atoms with Crippen molar-refractivity contribution in [3.8, 4) is 11.1 Å². The van der Waals surface area contributed by atoms with Crippen molar-refractivity contribution in [2.75, 3.05) is 5.32 Å². The van der Waals surface area contributed by atoms with Crippen LogP contribution in [0.15, 0.2) is 36.5 Å². The Morgan fingerprint density at radius 1 is 1.33 bits per heavy atom. The van der Waals surface area contributed by atoms with Gasteiger partial charge >= 0.3 is 0 Å². The molecule has 3 rings (SSSR count). The number of pyridine rings is 1. The first kappa shape index (κ1) is 19.7. The SMILES string of the molecule is Cc1nccc(Cl)c1-c1ccc(NC(=O)C(N)[C@H]2CCCC(F)(F)C2)cc1. The van der Waals surface area contributed by atoms with Crippen molar-refractivity contribution in [2.45, 2.75) is 44.6 Å². The van der Waals surface area contributed by atoms with Crippen LogP contribution in [-0.4, -0.2) is 22.9 Å². The van der Waals surface area contributed by atoms with E-state index in [-0.39, 0.29) is 12.8 Å². The summed E-state index contributed by atoms with van der Waals surface area (Å²) in [6.07, 6.45) is 2.11. The van der Waals surface area contributed by atoms with Crippen LogP contribution < -0.4 is 11.1 Å². The molecule has 27 heavy (non-hydrogen) atoms. The molecule has 2 atom stereocenters. The van der Waals surface area contributed by atoms with Gasteiger partial charge in [-0.2, -0.15) is 0 Å². The number of nitrogens with zero attached hydrogens (tertiary/aromatic N) is 1. The predicted molar refractivity (Wildman–Crippen MR) is 103 cm³/mol. The number of rotatable bonds is 4. The zero-order valence-electron chi connectivity index (χ0n) is 15.0. The quantitative estimate of drug-likeness (QED) is 0.783. The molecule has 1 aliphatic carbocycles. The zero-order chi connectivity index (χ0) is 19.6. The Bertz CT molecular complexity index is 806. The van der Waals surface area contributed by atoms with Crippen LogP contribution in [0.5, 0.6) is 0 Å². The predicted octanol–water partition coefficient (Wildman–Crippen LogP) is 4.80. The van der Waals surface area contributed by atoms with Crippen molar-refractivity contribution < 1.29 is 13.6 Å². The lowest BCUT2D eigenvalue weighted by Gasteiger charge is -2.31. The van der Waals surface area contributed by atoms with E-state index in [4.69, 9.17) is 17.3 Å². The maximum absolute atomic E-state index is 13.6. The summed E-state index contributed by atoms with van der Waals surface area (Å²) in [5, 5.41) is 3.31. The number of hydrogen-bond acceptors (Lipinski definition) is 3. The second kappa shape index (κ2) is 7.90. The number of benzene rings is 1. The topological polar surface area (TPSA) is 68.0 Å². The third kappa shape index (κ3) is 4.62. The number of alkyl halides is 2. The Morgan fingerprint density at radius 2 is 2.04 bits per heavy atom. The average Bonchev–Trinajstić information content (AvgIpc) is 2.61. The van der Waals surface area contributed by atoms with Crippen LogP contribution >= 0.6 is 11.6 Å². The number of anilines is 1. The Hall–Kier alpha value is -2.05. The molecule has 3 N–H and O–H groups in total. The van der Waals surface area contributed by atoms with Gasteiger partial charge in [0, 0.05) is 36.0 Å². The van der Waals surface area contributed by atoms with E-state index < -0.39 is 23.8 Å². The normalized spacial score (nSPS) is 20.1. The fourth-order valence-electron chi connectivity index (χ4n) is 3.56. The lowest BCUT2D eigenvalue weighted by atomic mass is 9.82. The van der Waals surface area contributed by atoms with Crippen molar-refractivity contribution in [1.29, 1.82) is 0 Å². The van der Waals surface area contributed by atoms with Crippen molar-refractivity contribution in [2.24, 2.45) is 11.7 Å². The van der Waals surface area contributed by atoms with E-state index in [9.17, 15) is 13.6 Å². The van der Waals surface area contributed by atoms with E-state index >= 15 is 0 Å². The van der Waals surface area contributed by atoms with Crippen LogP contribution in [0.4, 0.5) is 14.5 Å². The Balaban J connectivity index is 1.68. The largest absolute Gasteiger partial charge is 0.325 e. The van der Waals surface area contributed by atoms with E-state index in [1.807, 2.05) is 19.1 Å². The summed E-state index contributed by atoms with van der Waals surface area (Å²) in [6.45, 7) is 1.87. The molecule has 1 amide bonds. The molecule has 4 nitrogen and oxygen atoms in total. The number of aryl methyl sites for hydroxylation is 1. The maximum atomic E-state index is 13.6. The monoisotopic (exact) mass is 393 g/mol. The third-order valence-electron chi connectivity index (χ3n) is 5.02. The lowest BCUT2D eigenvalue weighted by Crippen LogP contribution is -2.45. The Morgan fingerprint density at radius 3 is 2.67 bits per heavy atom. The minimum absolute atomic E-state index is 0.129. The number of carbonyl (C=O) groups excluding carboxylic acids is 1. The van der Waals surface area contributed by atoms with Gasteiger partial charge in [-0.3, -0.25) is 9.78 Å². The van der Waals surface area contributed by atoms with Crippen LogP contribution in [-0.2, 0) is 4.79 Å². The molecular weight excluding hydrogens is 372 g/mol. The number of carbonyl (C=O) groups is 1. The van der Waals surface area contributed by atoms with E-state index in [2.05, 4.69) is 10.3 Å². The summed E-state index contributed by atoms with van der Waals surface area (Å²) in [7, 11) is 0. The second-order valence-electron chi connectivity index (χ2n) is 7.06. The molecule has 1 aliphatic rings. The fourth-order valence-corrected chi connectivity index (χ4v) is 3.86. The van der Waals surface area contributed by atoms with Crippen LogP contribution in [0, 0.1) is 12.8 Å². The third-order valence-corrected chi connectivity index (χ3v) is 5.33. The highest BCUT2D eigenvalue weighted by molar-refractivity contribution is 6.33. The summed E-state index contributed by atoms with van der Waals surface area (Å²) >= 11 is 6.25. The van der Waals surface area contributed by atoms with Gasteiger partial charge < -0.3 is 11.1 Å². The molecule has 0 aliphatic heterocycles. The van der Waals surface area contributed by atoms with Gasteiger partial charge in [0.2, 0.25) is 11.8 Å². The highest BCUT2D eigenvalue weighted by Gasteiger charge is 2.40. The van der Waals surface area contributed by atoms with Gasteiger partial charge in [0.05, 0.1) is 11.1 Å². The molecule has 7 heteroatoms. The van der Waals surface area contributed by atoms with Crippen molar-refractivity contribution in [3.05, 3.63) is 47.2 Å². The molecule has 1 aromatic heterocycles. The smallest absolute Gasteiger partial charge is 0.248 e. The van der Waals surface area contributed by atoms with Crippen molar-refractivity contribution in [3.63, 3.8) is 0 Å². The van der Waals surface area contributed by atoms with Crippen LogP contribution in [0.25, 0.3) is 11.1 Å². The van der Waals surface area contributed by atoms with Crippen LogP contribution in [0.3, 0.4) is 0 Å². The molecule has 1 fully saturated rings.